The van der Waals surface area contributed by atoms with E-state index in [0.29, 0.717) is 53.7 Å². The lowest BCUT2D eigenvalue weighted by molar-refractivity contribution is 0.321. The topological polar surface area (TPSA) is 93.4 Å². The predicted octanol–water partition coefficient (Wildman–Crippen LogP) is 4.46. The van der Waals surface area contributed by atoms with Gasteiger partial charge in [0.1, 0.15) is 17.3 Å². The van der Waals surface area contributed by atoms with Gasteiger partial charge in [-0.2, -0.15) is 9.61 Å². The zero-order valence-corrected chi connectivity index (χ0v) is 21.1. The third kappa shape index (κ3) is 4.57. The van der Waals surface area contributed by atoms with Crippen LogP contribution in [0.25, 0.3) is 27.5 Å². The van der Waals surface area contributed by atoms with E-state index in [1.807, 2.05) is 13.8 Å². The van der Waals surface area contributed by atoms with Crippen LogP contribution in [0.15, 0.2) is 30.3 Å². The van der Waals surface area contributed by atoms with E-state index in [9.17, 15) is 17.2 Å². The SMILES string of the molecule is CC(C)c1nnc2ccc(-c3sc(C4CCN(S(C)(=O)=O)CC4)nc3-c3ccc(F)cc3F)nn12. The van der Waals surface area contributed by atoms with Crippen molar-refractivity contribution in [2.75, 3.05) is 19.3 Å². The number of hydrogen-bond donors (Lipinski definition) is 0. The first-order chi connectivity index (χ1) is 16.6. The number of fused-ring (bicyclic) bond motifs is 1. The number of nitrogens with zero attached hydrogens (tertiary/aromatic N) is 6. The van der Waals surface area contributed by atoms with Crippen LogP contribution in [0.1, 0.15) is 49.4 Å². The van der Waals surface area contributed by atoms with Gasteiger partial charge in [-0.1, -0.05) is 13.8 Å². The maximum atomic E-state index is 14.8. The summed E-state index contributed by atoms with van der Waals surface area (Å²) in [6.45, 7) is 4.80. The predicted molar refractivity (Wildman–Crippen MR) is 130 cm³/mol. The van der Waals surface area contributed by atoms with E-state index < -0.39 is 21.7 Å². The zero-order valence-electron chi connectivity index (χ0n) is 19.4. The molecule has 0 saturated carbocycles. The minimum absolute atomic E-state index is 0.0267. The Labute approximate surface area is 205 Å². The first-order valence-corrected chi connectivity index (χ1v) is 13.9. The highest BCUT2D eigenvalue weighted by Crippen LogP contribution is 2.42. The van der Waals surface area contributed by atoms with Crippen molar-refractivity contribution in [1.82, 2.24) is 29.1 Å². The van der Waals surface area contributed by atoms with Crippen molar-refractivity contribution in [3.05, 3.63) is 52.8 Å². The molecule has 1 saturated heterocycles. The lowest BCUT2D eigenvalue weighted by Crippen LogP contribution is -2.37. The van der Waals surface area contributed by atoms with Crippen LogP contribution in [0, 0.1) is 11.6 Å². The first kappa shape index (κ1) is 23.9. The molecular weight excluding hydrogens is 494 g/mol. The Morgan fingerprint density at radius 3 is 2.49 bits per heavy atom. The second kappa shape index (κ2) is 8.99. The molecule has 0 radical (unpaired) electrons. The molecule has 1 fully saturated rings. The molecule has 12 heteroatoms. The van der Waals surface area contributed by atoms with Gasteiger partial charge in [-0.15, -0.1) is 21.5 Å². The Bertz CT molecular complexity index is 1510. The van der Waals surface area contributed by atoms with E-state index in [4.69, 9.17) is 10.1 Å². The lowest BCUT2D eigenvalue weighted by Gasteiger charge is -2.29. The van der Waals surface area contributed by atoms with Crippen LogP contribution in [0.3, 0.4) is 0 Å². The molecule has 35 heavy (non-hydrogen) atoms. The summed E-state index contributed by atoms with van der Waals surface area (Å²) in [7, 11) is -3.25. The van der Waals surface area contributed by atoms with Crippen molar-refractivity contribution >= 4 is 27.0 Å². The van der Waals surface area contributed by atoms with Gasteiger partial charge in [-0.05, 0) is 37.1 Å². The Hall–Kier alpha value is -2.83. The lowest BCUT2D eigenvalue weighted by atomic mass is 9.99. The number of sulfonamides is 1. The summed E-state index contributed by atoms with van der Waals surface area (Å²) >= 11 is 1.40. The van der Waals surface area contributed by atoms with Crippen molar-refractivity contribution in [1.29, 1.82) is 0 Å². The van der Waals surface area contributed by atoms with Gasteiger partial charge < -0.3 is 0 Å². The Morgan fingerprint density at radius 1 is 1.09 bits per heavy atom. The molecule has 1 aromatic carbocycles. The molecule has 1 aliphatic heterocycles. The summed E-state index contributed by atoms with van der Waals surface area (Å²) in [5.74, 6) is -0.544. The number of hydrogen-bond acceptors (Lipinski definition) is 7. The van der Waals surface area contributed by atoms with Crippen molar-refractivity contribution in [2.45, 2.75) is 38.5 Å². The third-order valence-corrected chi connectivity index (χ3v) is 8.68. The van der Waals surface area contributed by atoms with E-state index >= 15 is 0 Å². The number of piperidine rings is 1. The highest BCUT2D eigenvalue weighted by atomic mass is 32.2. The summed E-state index contributed by atoms with van der Waals surface area (Å²) < 4.78 is 55.4. The maximum Gasteiger partial charge on any atom is 0.211 e. The molecule has 0 atom stereocenters. The van der Waals surface area contributed by atoms with E-state index in [1.54, 1.807) is 16.6 Å². The second-order valence-electron chi connectivity index (χ2n) is 8.99. The molecule has 0 bridgehead atoms. The minimum Gasteiger partial charge on any atom is -0.240 e. The molecule has 4 heterocycles. The molecule has 0 amide bonds. The van der Waals surface area contributed by atoms with Gasteiger partial charge in [0.2, 0.25) is 10.0 Å². The van der Waals surface area contributed by atoms with Crippen LogP contribution in [0.5, 0.6) is 0 Å². The van der Waals surface area contributed by atoms with E-state index in [0.717, 1.165) is 11.1 Å². The average molecular weight is 519 g/mol. The molecular formula is C23H24F2N6O2S2. The fourth-order valence-corrected chi connectivity index (χ4v) is 6.36. The van der Waals surface area contributed by atoms with Crippen molar-refractivity contribution in [2.24, 2.45) is 0 Å². The van der Waals surface area contributed by atoms with Crippen LogP contribution in [-0.2, 0) is 10.0 Å². The smallest absolute Gasteiger partial charge is 0.211 e. The molecule has 1 aliphatic rings. The molecule has 0 N–H and O–H groups in total. The molecule has 4 aromatic rings. The van der Waals surface area contributed by atoms with Crippen molar-refractivity contribution in [3.8, 4) is 21.8 Å². The Balaban J connectivity index is 1.60. The zero-order chi connectivity index (χ0) is 24.9. The van der Waals surface area contributed by atoms with Gasteiger partial charge in [0.25, 0.3) is 0 Å². The molecule has 3 aromatic heterocycles. The van der Waals surface area contributed by atoms with Gasteiger partial charge in [-0.3, -0.25) is 0 Å². The van der Waals surface area contributed by atoms with E-state index in [1.165, 1.54) is 34.0 Å². The highest BCUT2D eigenvalue weighted by molar-refractivity contribution is 7.88. The second-order valence-corrected chi connectivity index (χ2v) is 12.0. The van der Waals surface area contributed by atoms with Crippen LogP contribution in [-0.4, -0.2) is 56.9 Å². The van der Waals surface area contributed by atoms with Gasteiger partial charge in [0.05, 0.1) is 21.8 Å². The van der Waals surface area contributed by atoms with Gasteiger partial charge in [-0.25, -0.2) is 26.5 Å². The molecule has 0 aliphatic carbocycles. The van der Waals surface area contributed by atoms with Gasteiger partial charge in [0.15, 0.2) is 11.5 Å². The van der Waals surface area contributed by atoms with E-state index in [2.05, 4.69) is 10.2 Å². The summed E-state index contributed by atoms with van der Waals surface area (Å²) in [4.78, 5) is 5.45. The summed E-state index contributed by atoms with van der Waals surface area (Å²) in [5.41, 5.74) is 1.76. The number of thiazole rings is 1. The number of aromatic nitrogens is 5. The summed E-state index contributed by atoms with van der Waals surface area (Å²) in [6.07, 6.45) is 2.43. The third-order valence-electron chi connectivity index (χ3n) is 6.14. The largest absolute Gasteiger partial charge is 0.240 e. The molecule has 5 rings (SSSR count). The maximum absolute atomic E-state index is 14.8. The average Bonchev–Trinajstić information content (AvgIpc) is 3.43. The quantitative estimate of drug-likeness (QED) is 0.387. The van der Waals surface area contributed by atoms with Crippen LogP contribution < -0.4 is 0 Å². The fraction of sp³-hybridized carbons (Fsp3) is 0.391. The fourth-order valence-electron chi connectivity index (χ4n) is 4.27. The number of rotatable bonds is 5. The minimum atomic E-state index is -3.25. The molecule has 0 spiro atoms. The Morgan fingerprint density at radius 2 is 1.83 bits per heavy atom. The highest BCUT2D eigenvalue weighted by Gasteiger charge is 2.30. The van der Waals surface area contributed by atoms with Crippen molar-refractivity contribution in [3.63, 3.8) is 0 Å². The molecule has 8 nitrogen and oxygen atoms in total. The van der Waals surface area contributed by atoms with Crippen LogP contribution in [0.2, 0.25) is 0 Å². The monoisotopic (exact) mass is 518 g/mol. The van der Waals surface area contributed by atoms with Crippen molar-refractivity contribution < 1.29 is 17.2 Å². The molecule has 184 valence electrons. The first-order valence-electron chi connectivity index (χ1n) is 11.3. The van der Waals surface area contributed by atoms with Crippen LogP contribution >= 0.6 is 11.3 Å². The van der Waals surface area contributed by atoms with E-state index in [-0.39, 0.29) is 17.4 Å². The molecule has 0 unspecified atom stereocenters. The number of benzene rings is 1. The normalized spacial score (nSPS) is 15.9. The summed E-state index contributed by atoms with van der Waals surface area (Å²) in [6, 6.07) is 7.03. The van der Waals surface area contributed by atoms with Gasteiger partial charge >= 0.3 is 0 Å². The Kier molecular flexibility index (Phi) is 6.14. The standard InChI is InChI=1S/C23H24F2N6O2S2/c1-13(2)22-28-27-19-7-6-18(29-31(19)22)21-20(16-5-4-15(24)12-17(16)25)26-23(34-21)14-8-10-30(11-9-14)35(3,32)33/h4-7,12-14H,8-11H2,1-3H3. The number of halogens is 2. The van der Waals surface area contributed by atoms with Crippen LogP contribution in [0.4, 0.5) is 8.78 Å². The van der Waals surface area contributed by atoms with Gasteiger partial charge in [0, 0.05) is 36.6 Å². The summed E-state index contributed by atoms with van der Waals surface area (Å²) in [5, 5.41) is 13.9.